The summed E-state index contributed by atoms with van der Waals surface area (Å²) in [6.45, 7) is 21.8. The van der Waals surface area contributed by atoms with E-state index in [4.69, 9.17) is 14.4 Å². The molecule has 5 rings (SSSR count). The summed E-state index contributed by atoms with van der Waals surface area (Å²) in [6.07, 6.45) is 11.5. The highest BCUT2D eigenvalue weighted by atomic mass is 28.4. The molecule has 0 bridgehead atoms. The van der Waals surface area contributed by atoms with Crippen LogP contribution in [0, 0.1) is 0 Å². The molecular formula is C35H56N6OSi. The molecule has 1 aromatic carbocycles. The molecule has 2 aliphatic rings. The lowest BCUT2D eigenvalue weighted by molar-refractivity contribution is 0.119. The molecule has 1 saturated heterocycles. The first kappa shape index (κ1) is 32.1. The lowest BCUT2D eigenvalue weighted by Gasteiger charge is -2.41. The molecule has 3 aromatic rings. The molecule has 1 N–H and O–H groups in total. The van der Waals surface area contributed by atoms with E-state index in [9.17, 15) is 0 Å². The molecule has 1 saturated carbocycles. The van der Waals surface area contributed by atoms with Gasteiger partial charge in [-0.2, -0.15) is 4.98 Å². The van der Waals surface area contributed by atoms with E-state index in [1.165, 1.54) is 16.7 Å². The third kappa shape index (κ3) is 7.70. The summed E-state index contributed by atoms with van der Waals surface area (Å²) in [7, 11) is 0.444. The van der Waals surface area contributed by atoms with Crippen LogP contribution in [0.4, 0.5) is 5.95 Å². The molecule has 0 radical (unpaired) electrons. The molecule has 1 unspecified atom stereocenters. The zero-order valence-corrected chi connectivity index (χ0v) is 29.1. The highest BCUT2D eigenvalue weighted by molar-refractivity contribution is 6.74. The molecule has 2 aromatic heterocycles. The van der Waals surface area contributed by atoms with Crippen molar-refractivity contribution in [1.29, 1.82) is 0 Å². The number of benzene rings is 1. The van der Waals surface area contributed by atoms with Gasteiger partial charge in [-0.1, -0.05) is 58.4 Å². The Hall–Kier alpha value is -2.26. The van der Waals surface area contributed by atoms with E-state index in [0.717, 1.165) is 88.2 Å². The zero-order chi connectivity index (χ0) is 30.8. The van der Waals surface area contributed by atoms with Gasteiger partial charge in [0.05, 0.1) is 0 Å². The van der Waals surface area contributed by atoms with Crippen LogP contribution in [0.25, 0.3) is 22.2 Å². The summed E-state index contributed by atoms with van der Waals surface area (Å²) in [6, 6.07) is 9.98. The van der Waals surface area contributed by atoms with Gasteiger partial charge in [-0.3, -0.25) is 4.90 Å². The Balaban J connectivity index is 1.38. The number of aromatic nitrogens is 3. The van der Waals surface area contributed by atoms with Crippen LogP contribution < -0.4 is 5.32 Å². The Bertz CT molecular complexity index is 1330. The van der Waals surface area contributed by atoms with Crippen molar-refractivity contribution in [2.24, 2.45) is 0 Å². The van der Waals surface area contributed by atoms with Crippen LogP contribution in [0.1, 0.15) is 84.7 Å². The van der Waals surface area contributed by atoms with Gasteiger partial charge in [0.1, 0.15) is 5.65 Å². The van der Waals surface area contributed by atoms with Gasteiger partial charge in [0.2, 0.25) is 5.95 Å². The van der Waals surface area contributed by atoms with E-state index in [1.807, 2.05) is 6.20 Å². The minimum Gasteiger partial charge on any atom is -0.414 e. The van der Waals surface area contributed by atoms with E-state index >= 15 is 0 Å². The van der Waals surface area contributed by atoms with Crippen molar-refractivity contribution in [1.82, 2.24) is 24.3 Å². The second kappa shape index (κ2) is 13.4. The first-order valence-electron chi connectivity index (χ1n) is 16.8. The molecule has 3 heterocycles. The van der Waals surface area contributed by atoms with E-state index in [1.54, 1.807) is 0 Å². The van der Waals surface area contributed by atoms with Gasteiger partial charge in [-0.05, 0) is 75.3 Å². The van der Waals surface area contributed by atoms with Gasteiger partial charge in [-0.15, -0.1) is 0 Å². The summed E-state index contributed by atoms with van der Waals surface area (Å²) >= 11 is 0. The lowest BCUT2D eigenvalue weighted by atomic mass is 9.93. The number of nitrogens with zero attached hydrogens (tertiary/aromatic N) is 5. The first-order valence-corrected chi connectivity index (χ1v) is 19.7. The summed E-state index contributed by atoms with van der Waals surface area (Å²) < 4.78 is 9.30. The molecule has 8 heteroatoms. The number of nitrogens with one attached hydrogen (secondary N) is 1. The monoisotopic (exact) mass is 604 g/mol. The van der Waals surface area contributed by atoms with Crippen LogP contribution in [0.3, 0.4) is 0 Å². The Kier molecular flexibility index (Phi) is 10.0. The topological polar surface area (TPSA) is 58.5 Å². The molecule has 0 amide bonds. The lowest BCUT2D eigenvalue weighted by Crippen LogP contribution is -2.44. The van der Waals surface area contributed by atoms with Gasteiger partial charge in [-0.25, -0.2) is 4.98 Å². The highest BCUT2D eigenvalue weighted by Crippen LogP contribution is 2.42. The van der Waals surface area contributed by atoms with Crippen LogP contribution in [0.5, 0.6) is 0 Å². The van der Waals surface area contributed by atoms with Crippen molar-refractivity contribution in [3.8, 4) is 11.1 Å². The number of hydrogen-bond acceptors (Lipinski definition) is 6. The normalized spacial score (nSPS) is 21.8. The van der Waals surface area contributed by atoms with Crippen LogP contribution >= 0.6 is 0 Å². The van der Waals surface area contributed by atoms with Crippen LogP contribution in [0.15, 0.2) is 36.7 Å². The van der Waals surface area contributed by atoms with Gasteiger partial charge in [0.25, 0.3) is 0 Å². The van der Waals surface area contributed by atoms with Crippen molar-refractivity contribution in [3.05, 3.63) is 42.2 Å². The van der Waals surface area contributed by atoms with Crippen molar-refractivity contribution >= 4 is 25.3 Å². The fourth-order valence-corrected chi connectivity index (χ4v) is 7.84. The molecule has 7 nitrogen and oxygen atoms in total. The number of rotatable bonds is 10. The molecular weight excluding hydrogens is 549 g/mol. The van der Waals surface area contributed by atoms with Gasteiger partial charge in [0, 0.05) is 74.3 Å². The number of hydrogen-bond donors (Lipinski definition) is 1. The number of piperazine rings is 1. The fourth-order valence-electron chi connectivity index (χ4n) is 6.42. The molecule has 1 aliphatic heterocycles. The molecule has 0 spiro atoms. The van der Waals surface area contributed by atoms with E-state index in [-0.39, 0.29) is 5.04 Å². The van der Waals surface area contributed by atoms with Gasteiger partial charge >= 0.3 is 0 Å². The van der Waals surface area contributed by atoms with Crippen LogP contribution in [-0.4, -0.2) is 78.0 Å². The predicted octanol–water partition coefficient (Wildman–Crippen LogP) is 7.95. The van der Waals surface area contributed by atoms with Crippen LogP contribution in [0.2, 0.25) is 18.1 Å². The Morgan fingerprint density at radius 2 is 1.70 bits per heavy atom. The highest BCUT2D eigenvalue weighted by Gasteiger charge is 2.40. The molecule has 1 aliphatic carbocycles. The third-order valence-electron chi connectivity index (χ3n) is 10.2. The van der Waals surface area contributed by atoms with Gasteiger partial charge in [0.15, 0.2) is 8.32 Å². The standard InChI is InChI=1S/C35H56N6OSi/c1-9-10-26(2)37-34-36-23-31-32(28-13-11-27(12-14-28)24-40-21-19-39(6)20-22-40)25-41(33(31)38-34)29-15-17-30(18-16-29)42-43(7,8)35(3,4)5/h11-14,23,25-26,29-30H,9-10,15-22,24H2,1-8H3,(H,36,37,38)/t26?,29-,30-. The largest absolute Gasteiger partial charge is 0.414 e. The molecule has 43 heavy (non-hydrogen) atoms. The minimum atomic E-state index is -1.77. The van der Waals surface area contributed by atoms with Gasteiger partial charge < -0.3 is 19.2 Å². The smallest absolute Gasteiger partial charge is 0.224 e. The van der Waals surface area contributed by atoms with Crippen molar-refractivity contribution in [3.63, 3.8) is 0 Å². The Morgan fingerprint density at radius 3 is 2.33 bits per heavy atom. The average molecular weight is 605 g/mol. The van der Waals surface area contributed by atoms with E-state index in [2.05, 4.69) is 105 Å². The SMILES string of the molecule is CCCC(C)Nc1ncc2c(-c3ccc(CN4CCN(C)CC4)cc3)cn([C@H]3CC[C@H](O[Si](C)(C)C(C)(C)C)CC3)c2n1. The maximum Gasteiger partial charge on any atom is 0.224 e. The quantitative estimate of drug-likeness (QED) is 0.237. The Morgan fingerprint density at radius 1 is 1.02 bits per heavy atom. The molecule has 1 atom stereocenters. The Labute approximate surface area is 261 Å². The van der Waals surface area contributed by atoms with E-state index in [0.29, 0.717) is 18.2 Å². The third-order valence-corrected chi connectivity index (χ3v) is 14.8. The summed E-state index contributed by atoms with van der Waals surface area (Å²) in [5.41, 5.74) is 4.90. The summed E-state index contributed by atoms with van der Waals surface area (Å²) in [4.78, 5) is 14.9. The number of anilines is 1. The summed E-state index contributed by atoms with van der Waals surface area (Å²) in [5.74, 6) is 0.733. The predicted molar refractivity (Wildman–Crippen MR) is 183 cm³/mol. The second-order valence-corrected chi connectivity index (χ2v) is 19.6. The number of fused-ring (bicyclic) bond motifs is 1. The maximum absolute atomic E-state index is 6.83. The van der Waals surface area contributed by atoms with Crippen molar-refractivity contribution in [2.75, 3.05) is 38.5 Å². The van der Waals surface area contributed by atoms with E-state index < -0.39 is 8.32 Å². The fraction of sp³-hybridized carbons (Fsp3) is 0.657. The van der Waals surface area contributed by atoms with Crippen molar-refractivity contribution < 1.29 is 4.43 Å². The number of likely N-dealkylation sites (N-methyl/N-ethyl adjacent to an activating group) is 1. The van der Waals surface area contributed by atoms with Crippen molar-refractivity contribution in [2.45, 2.75) is 116 Å². The summed E-state index contributed by atoms with van der Waals surface area (Å²) in [5, 5.41) is 4.93. The maximum atomic E-state index is 6.83. The molecule has 2 fully saturated rings. The average Bonchev–Trinajstić information content (AvgIpc) is 3.33. The second-order valence-electron chi connectivity index (χ2n) is 14.8. The minimum absolute atomic E-state index is 0.241. The first-order chi connectivity index (χ1) is 20.4. The van der Waals surface area contributed by atoms with Crippen LogP contribution in [-0.2, 0) is 11.0 Å². The molecule has 236 valence electrons. The zero-order valence-electron chi connectivity index (χ0n) is 28.1.